The molecular formula is C43H42IrN2OSi-2. The number of aryl methyl sites for hydroxylation is 1. The van der Waals surface area contributed by atoms with Crippen LogP contribution in [0.5, 0.6) is 0 Å². The van der Waals surface area contributed by atoms with Crippen molar-refractivity contribution in [3.05, 3.63) is 139 Å². The molecule has 0 saturated carbocycles. The van der Waals surface area contributed by atoms with Crippen molar-refractivity contribution in [3.63, 3.8) is 0 Å². The van der Waals surface area contributed by atoms with E-state index in [1.165, 1.54) is 21.9 Å². The molecule has 3 aromatic heterocycles. The van der Waals surface area contributed by atoms with Crippen molar-refractivity contribution in [3.8, 4) is 33.6 Å². The largest absolute Gasteiger partial charge is 0.501 e. The van der Waals surface area contributed by atoms with Crippen LogP contribution in [-0.2, 0) is 26.5 Å². The predicted molar refractivity (Wildman–Crippen MR) is 201 cm³/mol. The van der Waals surface area contributed by atoms with Gasteiger partial charge in [-0.15, -0.1) is 54.1 Å². The first-order valence-electron chi connectivity index (χ1n) is 16.3. The SMILES string of the molecule is CC(C)(C)Cc1cc(-c2[c-]cccc2)ncc1[Si](C)(C)C.Cc1ccnc(-c2[c-]ccc3c2oc2cc(-c4ccccc4)ccc23)c1.[Ir]. The van der Waals surface area contributed by atoms with E-state index in [1.807, 2.05) is 42.6 Å². The van der Waals surface area contributed by atoms with E-state index >= 15 is 0 Å². The van der Waals surface area contributed by atoms with E-state index in [4.69, 9.17) is 9.40 Å². The predicted octanol–water partition coefficient (Wildman–Crippen LogP) is 11.1. The average Bonchev–Trinajstić information content (AvgIpc) is 3.43. The molecule has 0 aliphatic rings. The Morgan fingerprint density at radius 1 is 0.729 bits per heavy atom. The number of furan rings is 1. The molecule has 0 N–H and O–H groups in total. The number of pyridine rings is 2. The second-order valence-electron chi connectivity index (χ2n) is 14.5. The molecule has 0 fully saturated rings. The normalized spacial score (nSPS) is 11.6. The van der Waals surface area contributed by atoms with Gasteiger partial charge in [0.2, 0.25) is 0 Å². The van der Waals surface area contributed by atoms with Crippen LogP contribution in [-0.4, -0.2) is 18.0 Å². The molecule has 0 saturated heterocycles. The Labute approximate surface area is 299 Å². The van der Waals surface area contributed by atoms with Crippen molar-refractivity contribution in [1.29, 1.82) is 0 Å². The average molecular weight is 823 g/mol. The first kappa shape index (κ1) is 35.2. The van der Waals surface area contributed by atoms with Gasteiger partial charge in [0.25, 0.3) is 0 Å². The molecule has 7 rings (SSSR count). The summed E-state index contributed by atoms with van der Waals surface area (Å²) in [6, 6.07) is 41.7. The van der Waals surface area contributed by atoms with E-state index in [-0.39, 0.29) is 25.5 Å². The fourth-order valence-corrected chi connectivity index (χ4v) is 7.58. The van der Waals surface area contributed by atoms with Crippen molar-refractivity contribution in [1.82, 2.24) is 9.97 Å². The van der Waals surface area contributed by atoms with Crippen LogP contribution in [0.4, 0.5) is 0 Å². The summed E-state index contributed by atoms with van der Waals surface area (Å²) in [4.78, 5) is 9.21. The number of aromatic nitrogens is 2. The molecule has 0 atom stereocenters. The zero-order valence-corrected chi connectivity index (χ0v) is 32.2. The summed E-state index contributed by atoms with van der Waals surface area (Å²) in [5.41, 5.74) is 10.9. The molecule has 1 radical (unpaired) electrons. The third kappa shape index (κ3) is 8.10. The third-order valence-corrected chi connectivity index (χ3v) is 10.3. The van der Waals surface area contributed by atoms with Crippen LogP contribution < -0.4 is 5.19 Å². The van der Waals surface area contributed by atoms with E-state index in [0.717, 1.165) is 56.4 Å². The number of hydrogen-bond donors (Lipinski definition) is 0. The minimum Gasteiger partial charge on any atom is -0.501 e. The Hall–Kier alpha value is -4.15. The van der Waals surface area contributed by atoms with Gasteiger partial charge >= 0.3 is 0 Å². The van der Waals surface area contributed by atoms with Crippen LogP contribution in [0.3, 0.4) is 0 Å². The summed E-state index contributed by atoms with van der Waals surface area (Å²) in [5.74, 6) is 0. The first-order valence-corrected chi connectivity index (χ1v) is 19.8. The molecule has 0 amide bonds. The van der Waals surface area contributed by atoms with Gasteiger partial charge in [-0.05, 0) is 58.6 Å². The minimum atomic E-state index is -1.37. The van der Waals surface area contributed by atoms with Gasteiger partial charge in [-0.25, -0.2) is 0 Å². The maximum Gasteiger partial charge on any atom is 0.121 e. The molecule has 0 bridgehead atoms. The summed E-state index contributed by atoms with van der Waals surface area (Å²) < 4.78 is 6.27. The number of benzene rings is 4. The second kappa shape index (κ2) is 14.5. The Morgan fingerprint density at radius 3 is 2.19 bits per heavy atom. The minimum absolute atomic E-state index is 0. The molecule has 0 unspecified atom stereocenters. The van der Waals surface area contributed by atoms with E-state index in [2.05, 4.69) is 137 Å². The number of fused-ring (bicyclic) bond motifs is 3. The van der Waals surface area contributed by atoms with Crippen molar-refractivity contribution in [2.24, 2.45) is 5.41 Å². The monoisotopic (exact) mass is 823 g/mol. The van der Waals surface area contributed by atoms with Crippen LogP contribution in [0.2, 0.25) is 19.6 Å². The first-order chi connectivity index (χ1) is 22.5. The van der Waals surface area contributed by atoms with E-state index in [9.17, 15) is 0 Å². The Bertz CT molecular complexity index is 2140. The van der Waals surface area contributed by atoms with Crippen molar-refractivity contribution < 1.29 is 24.5 Å². The summed E-state index contributed by atoms with van der Waals surface area (Å²) in [5, 5.41) is 3.69. The summed E-state index contributed by atoms with van der Waals surface area (Å²) >= 11 is 0. The van der Waals surface area contributed by atoms with Crippen molar-refractivity contribution in [2.75, 3.05) is 0 Å². The van der Waals surface area contributed by atoms with E-state index in [1.54, 1.807) is 0 Å². The van der Waals surface area contributed by atoms with Crippen molar-refractivity contribution in [2.45, 2.75) is 53.8 Å². The Balaban J connectivity index is 0.000000189. The molecule has 48 heavy (non-hydrogen) atoms. The maximum absolute atomic E-state index is 6.27. The number of hydrogen-bond acceptors (Lipinski definition) is 3. The molecule has 0 spiro atoms. The molecule has 0 aliphatic heterocycles. The van der Waals surface area contributed by atoms with Gasteiger partial charge in [-0.2, -0.15) is 0 Å². The second-order valence-corrected chi connectivity index (χ2v) is 19.5. The van der Waals surface area contributed by atoms with Crippen molar-refractivity contribution >= 4 is 35.2 Å². The molecular weight excluding hydrogens is 781 g/mol. The smallest absolute Gasteiger partial charge is 0.121 e. The van der Waals surface area contributed by atoms with Gasteiger partial charge in [-0.3, -0.25) is 0 Å². The molecule has 3 heterocycles. The van der Waals surface area contributed by atoms with Gasteiger partial charge in [0, 0.05) is 37.9 Å². The van der Waals surface area contributed by atoms with Crippen LogP contribution >= 0.6 is 0 Å². The van der Waals surface area contributed by atoms with Gasteiger partial charge in [0.05, 0.1) is 13.7 Å². The summed E-state index contributed by atoms with van der Waals surface area (Å²) in [7, 11) is -1.37. The van der Waals surface area contributed by atoms with Gasteiger partial charge in [0.15, 0.2) is 0 Å². The van der Waals surface area contributed by atoms with Gasteiger partial charge < -0.3 is 14.4 Å². The van der Waals surface area contributed by atoms with Gasteiger partial charge in [-0.1, -0.05) is 117 Å². The molecule has 5 heteroatoms. The standard InChI is InChI=1S/C24H16NO.C19H26NSi.Ir/c1-16-12-13-25-22(14-16)21-9-5-8-20-19-11-10-18(15-23(19)26-24(20)21)17-6-3-2-4-7-17;1-19(2,3)13-16-12-17(15-10-8-7-9-11-15)20-14-18(16)21(4,5)6;/h2-8,10-15H,1H3;7-10,12,14H,13H2,1-6H3;/q2*-1;. The topological polar surface area (TPSA) is 38.9 Å². The molecule has 3 nitrogen and oxygen atoms in total. The zero-order valence-electron chi connectivity index (χ0n) is 28.8. The number of rotatable bonds is 5. The molecule has 4 aromatic carbocycles. The fraction of sp³-hybridized carbons (Fsp3) is 0.209. The van der Waals surface area contributed by atoms with Crippen LogP contribution in [0.25, 0.3) is 55.6 Å². The maximum atomic E-state index is 6.27. The summed E-state index contributed by atoms with van der Waals surface area (Å²) in [6.45, 7) is 16.1. The van der Waals surface area contributed by atoms with Gasteiger partial charge in [0.1, 0.15) is 5.58 Å². The fourth-order valence-electron chi connectivity index (χ4n) is 6.00. The molecule has 7 aromatic rings. The Morgan fingerprint density at radius 2 is 1.50 bits per heavy atom. The van der Waals surface area contributed by atoms with Crippen LogP contribution in [0.1, 0.15) is 31.9 Å². The van der Waals surface area contributed by atoms with E-state index < -0.39 is 8.07 Å². The molecule has 245 valence electrons. The zero-order chi connectivity index (χ0) is 33.2. The van der Waals surface area contributed by atoms with Crippen LogP contribution in [0.15, 0.2) is 120 Å². The quantitative estimate of drug-likeness (QED) is 0.128. The number of nitrogens with zero attached hydrogens (tertiary/aromatic N) is 2. The third-order valence-electron chi connectivity index (χ3n) is 8.22. The molecule has 0 aliphatic carbocycles. The Kier molecular flexibility index (Phi) is 10.6. The van der Waals surface area contributed by atoms with Crippen LogP contribution in [0, 0.1) is 24.5 Å². The summed E-state index contributed by atoms with van der Waals surface area (Å²) in [6.07, 6.45) is 5.03. The van der Waals surface area contributed by atoms with E-state index in [0.29, 0.717) is 0 Å².